The highest BCUT2D eigenvalue weighted by Gasteiger charge is 2.29. The second-order valence-electron chi connectivity index (χ2n) is 4.95. The van der Waals surface area contributed by atoms with Gasteiger partial charge in [0, 0.05) is 13.7 Å². The molecule has 19 heavy (non-hydrogen) atoms. The van der Waals surface area contributed by atoms with E-state index in [0.717, 1.165) is 25.1 Å². The number of methoxy groups -OCH3 is 1. The summed E-state index contributed by atoms with van der Waals surface area (Å²) in [6.45, 7) is 2.08. The monoisotopic (exact) mass is 271 g/mol. The summed E-state index contributed by atoms with van der Waals surface area (Å²) >= 11 is 0. The molecule has 1 saturated heterocycles. The smallest absolute Gasteiger partial charge is 0.159 e. The molecule has 1 aromatic rings. The zero-order valence-electron chi connectivity index (χ0n) is 11.0. The number of hydrogen-bond acceptors (Lipinski definition) is 3. The van der Waals surface area contributed by atoms with Crippen LogP contribution in [0.5, 0.6) is 0 Å². The molecule has 0 amide bonds. The van der Waals surface area contributed by atoms with Gasteiger partial charge in [-0.05, 0) is 36.6 Å². The summed E-state index contributed by atoms with van der Waals surface area (Å²) in [4.78, 5) is 2.13. The summed E-state index contributed by atoms with van der Waals surface area (Å²) < 4.78 is 31.2. The van der Waals surface area contributed by atoms with Gasteiger partial charge in [-0.3, -0.25) is 4.90 Å². The van der Waals surface area contributed by atoms with Crippen molar-refractivity contribution in [2.75, 3.05) is 33.4 Å². The number of ether oxygens (including phenoxy) is 1. The van der Waals surface area contributed by atoms with Crippen LogP contribution in [0.2, 0.25) is 0 Å². The Morgan fingerprint density at radius 3 is 2.84 bits per heavy atom. The van der Waals surface area contributed by atoms with Crippen LogP contribution >= 0.6 is 0 Å². The van der Waals surface area contributed by atoms with E-state index in [1.165, 1.54) is 12.1 Å². The number of hydrogen-bond donors (Lipinski definition) is 1. The molecule has 1 heterocycles. The highest BCUT2D eigenvalue weighted by molar-refractivity contribution is 5.23. The van der Waals surface area contributed by atoms with Crippen LogP contribution in [0.15, 0.2) is 18.2 Å². The minimum absolute atomic E-state index is 0.0275. The molecule has 0 aliphatic carbocycles. The highest BCUT2D eigenvalue weighted by atomic mass is 19.2. The predicted octanol–water partition coefficient (Wildman–Crippen LogP) is 1.76. The van der Waals surface area contributed by atoms with E-state index in [2.05, 4.69) is 4.90 Å². The van der Waals surface area contributed by atoms with Gasteiger partial charge in [-0.1, -0.05) is 6.07 Å². The molecule has 0 aromatic heterocycles. The van der Waals surface area contributed by atoms with Crippen LogP contribution < -0.4 is 0 Å². The molecule has 0 spiro atoms. The molecule has 2 atom stereocenters. The number of aliphatic hydroxyl groups is 1. The van der Waals surface area contributed by atoms with Crippen molar-refractivity contribution in [2.24, 2.45) is 0 Å². The first-order valence-electron chi connectivity index (χ1n) is 6.44. The van der Waals surface area contributed by atoms with Crippen molar-refractivity contribution in [1.82, 2.24) is 4.90 Å². The minimum atomic E-state index is -0.814. The molecule has 1 N–H and O–H groups in total. The summed E-state index contributed by atoms with van der Waals surface area (Å²) in [5, 5.41) is 9.32. The first-order valence-corrected chi connectivity index (χ1v) is 6.44. The van der Waals surface area contributed by atoms with Crippen molar-refractivity contribution in [1.29, 1.82) is 0 Å². The van der Waals surface area contributed by atoms with Crippen LogP contribution in [0.4, 0.5) is 8.78 Å². The fourth-order valence-electron chi connectivity index (χ4n) is 2.62. The predicted molar refractivity (Wildman–Crippen MR) is 68.0 cm³/mol. The quantitative estimate of drug-likeness (QED) is 0.886. The first-order chi connectivity index (χ1) is 9.15. The fraction of sp³-hybridized carbons (Fsp3) is 0.571. The normalized spacial score (nSPS) is 21.8. The fourth-order valence-corrected chi connectivity index (χ4v) is 2.62. The third-order valence-corrected chi connectivity index (χ3v) is 3.72. The maximum Gasteiger partial charge on any atom is 0.159 e. The van der Waals surface area contributed by atoms with Crippen LogP contribution in [0, 0.1) is 11.6 Å². The molecule has 5 heteroatoms. The Bertz CT molecular complexity index is 428. The zero-order chi connectivity index (χ0) is 13.8. The largest absolute Gasteiger partial charge is 0.395 e. The highest BCUT2D eigenvalue weighted by Crippen LogP contribution is 2.29. The molecule has 1 aliphatic heterocycles. The zero-order valence-corrected chi connectivity index (χ0v) is 11.0. The second kappa shape index (κ2) is 6.41. The molecule has 2 unspecified atom stereocenters. The van der Waals surface area contributed by atoms with Crippen LogP contribution in [0.3, 0.4) is 0 Å². The summed E-state index contributed by atoms with van der Waals surface area (Å²) in [6, 6.07) is 4.05. The van der Waals surface area contributed by atoms with Gasteiger partial charge in [-0.25, -0.2) is 8.78 Å². The average molecular weight is 271 g/mol. The van der Waals surface area contributed by atoms with E-state index in [4.69, 9.17) is 4.74 Å². The number of nitrogens with zero attached hydrogens (tertiary/aromatic N) is 1. The lowest BCUT2D eigenvalue weighted by atomic mass is 9.98. The van der Waals surface area contributed by atoms with Gasteiger partial charge in [0.15, 0.2) is 11.6 Å². The SMILES string of the molecule is COCC(CO)N1CCC(c2ccc(F)c(F)c2)C1. The molecule has 1 fully saturated rings. The van der Waals surface area contributed by atoms with Crippen LogP contribution in [-0.2, 0) is 4.74 Å². The first kappa shape index (κ1) is 14.4. The number of aliphatic hydroxyl groups excluding tert-OH is 1. The van der Waals surface area contributed by atoms with Crippen LogP contribution in [0.25, 0.3) is 0 Å². The van der Waals surface area contributed by atoms with Gasteiger partial charge in [0.05, 0.1) is 19.3 Å². The Morgan fingerprint density at radius 1 is 1.42 bits per heavy atom. The Hall–Kier alpha value is -1.04. The molecule has 106 valence electrons. The van der Waals surface area contributed by atoms with Gasteiger partial charge in [0.25, 0.3) is 0 Å². The van der Waals surface area contributed by atoms with E-state index < -0.39 is 11.6 Å². The third kappa shape index (κ3) is 3.29. The third-order valence-electron chi connectivity index (χ3n) is 3.72. The van der Waals surface area contributed by atoms with Crippen molar-refractivity contribution in [3.8, 4) is 0 Å². The van der Waals surface area contributed by atoms with Crippen molar-refractivity contribution >= 4 is 0 Å². The molecule has 0 radical (unpaired) electrons. The molecule has 3 nitrogen and oxygen atoms in total. The van der Waals surface area contributed by atoms with Gasteiger partial charge < -0.3 is 9.84 Å². The average Bonchev–Trinajstić information content (AvgIpc) is 2.88. The van der Waals surface area contributed by atoms with E-state index in [0.29, 0.717) is 6.61 Å². The summed E-state index contributed by atoms with van der Waals surface area (Å²) in [5.74, 6) is -1.43. The van der Waals surface area contributed by atoms with E-state index in [1.54, 1.807) is 13.2 Å². The number of rotatable bonds is 5. The van der Waals surface area contributed by atoms with Gasteiger partial charge in [0.2, 0.25) is 0 Å². The second-order valence-corrected chi connectivity index (χ2v) is 4.95. The van der Waals surface area contributed by atoms with E-state index in [1.807, 2.05) is 0 Å². The van der Waals surface area contributed by atoms with E-state index in [9.17, 15) is 13.9 Å². The van der Waals surface area contributed by atoms with Crippen molar-refractivity contribution in [2.45, 2.75) is 18.4 Å². The van der Waals surface area contributed by atoms with Crippen molar-refractivity contribution < 1.29 is 18.6 Å². The van der Waals surface area contributed by atoms with Gasteiger partial charge >= 0.3 is 0 Å². The number of benzene rings is 1. The van der Waals surface area contributed by atoms with Gasteiger partial charge in [-0.15, -0.1) is 0 Å². The molecule has 0 bridgehead atoms. The number of halogens is 2. The molecule has 2 rings (SSSR count). The molecule has 0 saturated carbocycles. The lowest BCUT2D eigenvalue weighted by Gasteiger charge is -2.25. The lowest BCUT2D eigenvalue weighted by Crippen LogP contribution is -2.39. The van der Waals surface area contributed by atoms with Gasteiger partial charge in [-0.2, -0.15) is 0 Å². The Morgan fingerprint density at radius 2 is 2.21 bits per heavy atom. The van der Waals surface area contributed by atoms with E-state index in [-0.39, 0.29) is 18.6 Å². The standard InChI is InChI=1S/C14H19F2NO2/c1-19-9-12(8-18)17-5-4-11(7-17)10-2-3-13(15)14(16)6-10/h2-3,6,11-12,18H,4-5,7-9H2,1H3. The van der Waals surface area contributed by atoms with Gasteiger partial charge in [0.1, 0.15) is 0 Å². The van der Waals surface area contributed by atoms with Crippen LogP contribution in [0.1, 0.15) is 17.9 Å². The molecule has 1 aliphatic rings. The summed E-state index contributed by atoms with van der Waals surface area (Å²) in [5.41, 5.74) is 0.815. The Kier molecular flexibility index (Phi) is 4.85. The maximum atomic E-state index is 13.2. The Labute approximate surface area is 111 Å². The summed E-state index contributed by atoms with van der Waals surface area (Å²) in [7, 11) is 1.60. The molecular formula is C14H19F2NO2. The maximum absolute atomic E-state index is 13.2. The van der Waals surface area contributed by atoms with E-state index >= 15 is 0 Å². The van der Waals surface area contributed by atoms with Crippen molar-refractivity contribution in [3.63, 3.8) is 0 Å². The van der Waals surface area contributed by atoms with Crippen LogP contribution in [-0.4, -0.2) is 49.5 Å². The Balaban J connectivity index is 2.02. The lowest BCUT2D eigenvalue weighted by molar-refractivity contribution is 0.0649. The van der Waals surface area contributed by atoms with Crippen molar-refractivity contribution in [3.05, 3.63) is 35.4 Å². The topological polar surface area (TPSA) is 32.7 Å². The molecular weight excluding hydrogens is 252 g/mol. The minimum Gasteiger partial charge on any atom is -0.395 e. The molecule has 1 aromatic carbocycles. The summed E-state index contributed by atoms with van der Waals surface area (Å²) in [6.07, 6.45) is 0.880. The number of likely N-dealkylation sites (tertiary alicyclic amines) is 1.